The molecule has 0 unspecified atom stereocenters. The zero-order valence-electron chi connectivity index (χ0n) is 16.9. The van der Waals surface area contributed by atoms with Crippen LogP contribution in [0.25, 0.3) is 0 Å². The van der Waals surface area contributed by atoms with Gasteiger partial charge in [-0.1, -0.05) is 17.7 Å². The Morgan fingerprint density at radius 2 is 1.55 bits per heavy atom. The quantitative estimate of drug-likeness (QED) is 0.748. The minimum absolute atomic E-state index is 0.0623. The van der Waals surface area contributed by atoms with Gasteiger partial charge >= 0.3 is 0 Å². The smallest absolute Gasteiger partial charge is 0.266 e. The number of amides is 2. The molecule has 0 aliphatic carbocycles. The fraction of sp³-hybridized carbons (Fsp3) is 0.364. The highest BCUT2D eigenvalue weighted by Gasteiger charge is 2.36. The van der Waals surface area contributed by atoms with Crippen molar-refractivity contribution in [3.63, 3.8) is 0 Å². The third-order valence-electron chi connectivity index (χ3n) is 4.87. The van der Waals surface area contributed by atoms with Gasteiger partial charge in [0.15, 0.2) is 5.60 Å². The van der Waals surface area contributed by atoms with E-state index >= 15 is 0 Å². The summed E-state index contributed by atoms with van der Waals surface area (Å²) in [5.41, 5.74) is -0.442. The topological polar surface area (TPSA) is 59.1 Å². The molecule has 0 saturated carbocycles. The predicted octanol–water partition coefficient (Wildman–Crippen LogP) is 3.49. The molecule has 1 heterocycles. The van der Waals surface area contributed by atoms with Gasteiger partial charge in [-0.15, -0.1) is 0 Å². The van der Waals surface area contributed by atoms with Gasteiger partial charge in [-0.05, 0) is 56.3 Å². The number of methoxy groups -OCH3 is 1. The van der Waals surface area contributed by atoms with Crippen molar-refractivity contribution in [2.24, 2.45) is 0 Å². The summed E-state index contributed by atoms with van der Waals surface area (Å²) in [6.45, 7) is 5.36. The Kier molecular flexibility index (Phi) is 6.33. The molecule has 1 saturated heterocycles. The summed E-state index contributed by atoms with van der Waals surface area (Å²) in [5.74, 6) is 1.05. The largest absolute Gasteiger partial charge is 0.497 e. The van der Waals surface area contributed by atoms with Crippen LogP contribution in [-0.4, -0.2) is 60.5 Å². The van der Waals surface area contributed by atoms with Gasteiger partial charge in [0, 0.05) is 36.8 Å². The van der Waals surface area contributed by atoms with Crippen LogP contribution in [0, 0.1) is 0 Å². The molecule has 0 N–H and O–H groups in total. The molecule has 0 aromatic heterocycles. The van der Waals surface area contributed by atoms with Crippen LogP contribution in [0.5, 0.6) is 11.5 Å². The van der Waals surface area contributed by atoms with Crippen LogP contribution < -0.4 is 9.47 Å². The maximum Gasteiger partial charge on any atom is 0.266 e. The molecule has 29 heavy (non-hydrogen) atoms. The van der Waals surface area contributed by atoms with E-state index in [9.17, 15) is 9.59 Å². The molecule has 1 aliphatic rings. The number of benzene rings is 2. The van der Waals surface area contributed by atoms with Crippen molar-refractivity contribution in [1.29, 1.82) is 0 Å². The van der Waals surface area contributed by atoms with Crippen LogP contribution >= 0.6 is 11.6 Å². The monoisotopic (exact) mass is 416 g/mol. The van der Waals surface area contributed by atoms with E-state index in [0.717, 1.165) is 0 Å². The van der Waals surface area contributed by atoms with Crippen molar-refractivity contribution in [2.45, 2.75) is 19.4 Å². The van der Waals surface area contributed by atoms with E-state index in [2.05, 4.69) is 0 Å². The van der Waals surface area contributed by atoms with E-state index in [1.165, 1.54) is 0 Å². The van der Waals surface area contributed by atoms with Crippen LogP contribution in [0.1, 0.15) is 24.2 Å². The number of nitrogens with zero attached hydrogens (tertiary/aromatic N) is 2. The number of rotatable bonds is 5. The molecule has 0 bridgehead atoms. The predicted molar refractivity (Wildman–Crippen MR) is 112 cm³/mol. The van der Waals surface area contributed by atoms with E-state index in [1.54, 1.807) is 79.3 Å². The molecule has 1 fully saturated rings. The third-order valence-corrected chi connectivity index (χ3v) is 5.12. The Bertz CT molecular complexity index is 875. The summed E-state index contributed by atoms with van der Waals surface area (Å²) in [7, 11) is 1.57. The minimum Gasteiger partial charge on any atom is -0.497 e. The Labute approximate surface area is 176 Å². The van der Waals surface area contributed by atoms with Crippen molar-refractivity contribution < 1.29 is 19.1 Å². The fourth-order valence-corrected chi connectivity index (χ4v) is 3.40. The molecular weight excluding hydrogens is 392 g/mol. The number of ether oxygens (including phenoxy) is 2. The first kappa shape index (κ1) is 21.0. The first-order chi connectivity index (χ1) is 13.8. The number of piperazine rings is 1. The van der Waals surface area contributed by atoms with E-state index in [0.29, 0.717) is 48.3 Å². The lowest BCUT2D eigenvalue weighted by molar-refractivity contribution is -0.147. The molecule has 154 valence electrons. The number of hydrogen-bond acceptors (Lipinski definition) is 4. The molecule has 0 atom stereocenters. The molecule has 0 radical (unpaired) electrons. The molecular formula is C22H25ClN2O4. The van der Waals surface area contributed by atoms with Gasteiger partial charge < -0.3 is 19.3 Å². The normalized spacial score (nSPS) is 14.5. The average molecular weight is 417 g/mol. The third kappa shape index (κ3) is 5.01. The van der Waals surface area contributed by atoms with Crippen LogP contribution in [0.2, 0.25) is 5.02 Å². The fourth-order valence-electron chi connectivity index (χ4n) is 3.27. The van der Waals surface area contributed by atoms with E-state index < -0.39 is 5.60 Å². The molecule has 3 rings (SSSR count). The average Bonchev–Trinajstić information content (AvgIpc) is 2.74. The number of carbonyl (C=O) groups excluding carboxylic acids is 2. The van der Waals surface area contributed by atoms with Crippen LogP contribution in [0.3, 0.4) is 0 Å². The lowest BCUT2D eigenvalue weighted by Gasteiger charge is -2.38. The SMILES string of the molecule is COc1cccc(C(=O)N2CCN(C(=O)C(C)(C)Oc3ccc(Cl)cc3)CC2)c1. The highest BCUT2D eigenvalue weighted by Crippen LogP contribution is 2.23. The highest BCUT2D eigenvalue weighted by atomic mass is 35.5. The molecule has 7 heteroatoms. The van der Waals surface area contributed by atoms with E-state index in [1.807, 2.05) is 0 Å². The van der Waals surface area contributed by atoms with E-state index in [-0.39, 0.29) is 11.8 Å². The second-order valence-electron chi connectivity index (χ2n) is 7.38. The molecule has 2 aromatic rings. The number of halogens is 1. The molecule has 6 nitrogen and oxygen atoms in total. The second kappa shape index (κ2) is 8.74. The van der Waals surface area contributed by atoms with Crippen molar-refractivity contribution in [1.82, 2.24) is 9.80 Å². The lowest BCUT2D eigenvalue weighted by atomic mass is 10.1. The Hall–Kier alpha value is -2.73. The van der Waals surface area contributed by atoms with Crippen molar-refractivity contribution in [3.05, 3.63) is 59.1 Å². The van der Waals surface area contributed by atoms with Crippen molar-refractivity contribution in [3.8, 4) is 11.5 Å². The minimum atomic E-state index is -1.02. The summed E-state index contributed by atoms with van der Waals surface area (Å²) in [6.07, 6.45) is 0. The zero-order chi connectivity index (χ0) is 21.0. The number of hydrogen-bond donors (Lipinski definition) is 0. The van der Waals surface area contributed by atoms with Gasteiger partial charge in [0.05, 0.1) is 7.11 Å². The lowest BCUT2D eigenvalue weighted by Crippen LogP contribution is -2.56. The van der Waals surface area contributed by atoms with Gasteiger partial charge in [-0.3, -0.25) is 9.59 Å². The summed E-state index contributed by atoms with van der Waals surface area (Å²) in [4.78, 5) is 29.2. The first-order valence-corrected chi connectivity index (χ1v) is 9.85. The Morgan fingerprint density at radius 3 is 2.17 bits per heavy atom. The maximum atomic E-state index is 13.0. The molecule has 0 spiro atoms. The first-order valence-electron chi connectivity index (χ1n) is 9.47. The summed E-state index contributed by atoms with van der Waals surface area (Å²) in [5, 5.41) is 0.610. The molecule has 2 aromatic carbocycles. The summed E-state index contributed by atoms with van der Waals surface area (Å²) < 4.78 is 11.1. The van der Waals surface area contributed by atoms with Crippen LogP contribution in [0.15, 0.2) is 48.5 Å². The van der Waals surface area contributed by atoms with Crippen molar-refractivity contribution >= 4 is 23.4 Å². The van der Waals surface area contributed by atoms with Gasteiger partial charge in [0.25, 0.3) is 11.8 Å². The van der Waals surface area contributed by atoms with Gasteiger partial charge in [0.1, 0.15) is 11.5 Å². The summed E-state index contributed by atoms with van der Waals surface area (Å²) >= 11 is 5.90. The Morgan fingerprint density at radius 1 is 0.931 bits per heavy atom. The van der Waals surface area contributed by atoms with Gasteiger partial charge in [0.2, 0.25) is 0 Å². The standard InChI is InChI=1S/C22H25ClN2O4/c1-22(2,29-18-9-7-17(23)8-10-18)21(27)25-13-11-24(12-14-25)20(26)16-5-4-6-19(15-16)28-3/h4-10,15H,11-14H2,1-3H3. The number of carbonyl (C=O) groups is 2. The summed E-state index contributed by atoms with van der Waals surface area (Å²) in [6, 6.07) is 14.0. The van der Waals surface area contributed by atoms with Gasteiger partial charge in [-0.2, -0.15) is 0 Å². The molecule has 2 amide bonds. The Balaban J connectivity index is 1.59. The highest BCUT2D eigenvalue weighted by molar-refractivity contribution is 6.30. The van der Waals surface area contributed by atoms with Crippen molar-refractivity contribution in [2.75, 3.05) is 33.3 Å². The van der Waals surface area contributed by atoms with Crippen LogP contribution in [-0.2, 0) is 4.79 Å². The molecule has 1 aliphatic heterocycles. The maximum absolute atomic E-state index is 13.0. The van der Waals surface area contributed by atoms with E-state index in [4.69, 9.17) is 21.1 Å². The van der Waals surface area contributed by atoms with Gasteiger partial charge in [-0.25, -0.2) is 0 Å². The zero-order valence-corrected chi connectivity index (χ0v) is 17.6. The van der Waals surface area contributed by atoms with Crippen LogP contribution in [0.4, 0.5) is 0 Å². The second-order valence-corrected chi connectivity index (χ2v) is 7.82.